The molecule has 0 aliphatic heterocycles. The lowest BCUT2D eigenvalue weighted by atomic mass is 10.1. The van der Waals surface area contributed by atoms with Crippen LogP contribution in [0.15, 0.2) is 91.0 Å². The highest BCUT2D eigenvalue weighted by Gasteiger charge is 2.13. The van der Waals surface area contributed by atoms with Gasteiger partial charge in [0.15, 0.2) is 0 Å². The van der Waals surface area contributed by atoms with E-state index in [1.807, 2.05) is 91.0 Å². The molecule has 0 unspecified atom stereocenters. The highest BCUT2D eigenvalue weighted by Crippen LogP contribution is 2.19. The molecule has 0 spiro atoms. The standard InChI is InChI=1S/C23H21NO2/c1-26-22-14-8-11-19(17-22)15-16-23(25)24(21-12-6-3-7-13-21)18-20-9-4-2-5-10-20/h2-17H,18H2,1H3/b16-15+. The molecule has 3 aromatic rings. The first-order chi connectivity index (χ1) is 12.8. The molecule has 0 aliphatic rings. The van der Waals surface area contributed by atoms with E-state index in [-0.39, 0.29) is 5.91 Å². The highest BCUT2D eigenvalue weighted by atomic mass is 16.5. The molecule has 0 heterocycles. The van der Waals surface area contributed by atoms with Crippen molar-refractivity contribution in [2.75, 3.05) is 12.0 Å². The van der Waals surface area contributed by atoms with Crippen LogP contribution in [-0.4, -0.2) is 13.0 Å². The van der Waals surface area contributed by atoms with Crippen LogP contribution in [0.1, 0.15) is 11.1 Å². The summed E-state index contributed by atoms with van der Waals surface area (Å²) in [5.41, 5.74) is 2.88. The summed E-state index contributed by atoms with van der Waals surface area (Å²) in [4.78, 5) is 14.7. The third-order valence-electron chi connectivity index (χ3n) is 4.03. The molecule has 3 nitrogen and oxygen atoms in total. The van der Waals surface area contributed by atoms with Gasteiger partial charge in [-0.2, -0.15) is 0 Å². The van der Waals surface area contributed by atoms with E-state index < -0.39 is 0 Å². The molecule has 130 valence electrons. The Morgan fingerprint density at radius 3 is 2.31 bits per heavy atom. The minimum atomic E-state index is -0.0668. The van der Waals surface area contributed by atoms with E-state index in [4.69, 9.17) is 4.74 Å². The Morgan fingerprint density at radius 1 is 0.923 bits per heavy atom. The normalized spacial score (nSPS) is 10.7. The summed E-state index contributed by atoms with van der Waals surface area (Å²) in [6, 6.07) is 27.3. The molecule has 0 saturated heterocycles. The number of carbonyl (C=O) groups is 1. The second kappa shape index (κ2) is 8.67. The summed E-state index contributed by atoms with van der Waals surface area (Å²) >= 11 is 0. The number of nitrogens with zero attached hydrogens (tertiary/aromatic N) is 1. The van der Waals surface area contributed by atoms with Crippen LogP contribution in [-0.2, 0) is 11.3 Å². The van der Waals surface area contributed by atoms with Gasteiger partial charge in [-0.15, -0.1) is 0 Å². The van der Waals surface area contributed by atoms with Crippen molar-refractivity contribution in [2.24, 2.45) is 0 Å². The number of methoxy groups -OCH3 is 1. The number of anilines is 1. The van der Waals surface area contributed by atoms with Crippen molar-refractivity contribution in [1.29, 1.82) is 0 Å². The van der Waals surface area contributed by atoms with Crippen molar-refractivity contribution in [3.05, 3.63) is 102 Å². The van der Waals surface area contributed by atoms with Crippen LogP contribution in [0.25, 0.3) is 6.08 Å². The van der Waals surface area contributed by atoms with E-state index >= 15 is 0 Å². The van der Waals surface area contributed by atoms with E-state index in [1.54, 1.807) is 18.1 Å². The number of amides is 1. The average molecular weight is 343 g/mol. The first kappa shape index (κ1) is 17.5. The molecule has 1 amide bonds. The van der Waals surface area contributed by atoms with Gasteiger partial charge >= 0.3 is 0 Å². The molecule has 0 aliphatic carbocycles. The Morgan fingerprint density at radius 2 is 1.62 bits per heavy atom. The molecule has 3 rings (SSSR count). The van der Waals surface area contributed by atoms with Gasteiger partial charge in [-0.05, 0) is 41.5 Å². The van der Waals surface area contributed by atoms with Gasteiger partial charge in [-0.1, -0.05) is 60.7 Å². The third kappa shape index (κ3) is 4.61. The molecular formula is C23H21NO2. The fraction of sp³-hybridized carbons (Fsp3) is 0.0870. The number of ether oxygens (including phenoxy) is 1. The zero-order valence-corrected chi connectivity index (χ0v) is 14.7. The van der Waals surface area contributed by atoms with Crippen LogP contribution in [0.5, 0.6) is 5.75 Å². The predicted molar refractivity (Wildman–Crippen MR) is 106 cm³/mol. The summed E-state index contributed by atoms with van der Waals surface area (Å²) in [6.45, 7) is 0.520. The lowest BCUT2D eigenvalue weighted by Gasteiger charge is -2.21. The van der Waals surface area contributed by atoms with Crippen LogP contribution in [0.2, 0.25) is 0 Å². The Bertz CT molecular complexity index is 873. The van der Waals surface area contributed by atoms with Gasteiger partial charge in [0.2, 0.25) is 0 Å². The zero-order chi connectivity index (χ0) is 18.2. The summed E-state index contributed by atoms with van der Waals surface area (Å²) in [7, 11) is 1.63. The van der Waals surface area contributed by atoms with Gasteiger partial charge in [0.25, 0.3) is 5.91 Å². The van der Waals surface area contributed by atoms with Crippen LogP contribution < -0.4 is 9.64 Å². The van der Waals surface area contributed by atoms with E-state index in [0.717, 1.165) is 22.6 Å². The molecule has 3 aromatic carbocycles. The van der Waals surface area contributed by atoms with Crippen molar-refractivity contribution in [1.82, 2.24) is 0 Å². The van der Waals surface area contributed by atoms with Crippen molar-refractivity contribution in [3.63, 3.8) is 0 Å². The third-order valence-corrected chi connectivity index (χ3v) is 4.03. The quantitative estimate of drug-likeness (QED) is 0.593. The number of hydrogen-bond acceptors (Lipinski definition) is 2. The second-order valence-corrected chi connectivity index (χ2v) is 5.86. The molecule has 0 atom stereocenters. The maximum atomic E-state index is 12.9. The summed E-state index contributed by atoms with van der Waals surface area (Å²) in [5, 5.41) is 0. The minimum absolute atomic E-state index is 0.0668. The Hall–Kier alpha value is -3.33. The summed E-state index contributed by atoms with van der Waals surface area (Å²) < 4.78 is 5.23. The Kier molecular flexibility index (Phi) is 5.84. The van der Waals surface area contributed by atoms with E-state index in [1.165, 1.54) is 0 Å². The average Bonchev–Trinajstić information content (AvgIpc) is 2.72. The number of para-hydroxylation sites is 1. The molecule has 0 aromatic heterocycles. The number of carbonyl (C=O) groups excluding carboxylic acids is 1. The van der Waals surface area contributed by atoms with E-state index in [2.05, 4.69) is 0 Å². The minimum Gasteiger partial charge on any atom is -0.497 e. The van der Waals surface area contributed by atoms with Crippen molar-refractivity contribution >= 4 is 17.7 Å². The Labute approximate surface area is 154 Å². The molecule has 0 radical (unpaired) electrons. The smallest absolute Gasteiger partial charge is 0.251 e. The summed E-state index contributed by atoms with van der Waals surface area (Å²) in [6.07, 6.45) is 3.41. The van der Waals surface area contributed by atoms with Gasteiger partial charge in [0, 0.05) is 11.8 Å². The van der Waals surface area contributed by atoms with Crippen LogP contribution in [0.3, 0.4) is 0 Å². The molecular weight excluding hydrogens is 322 g/mol. The van der Waals surface area contributed by atoms with Crippen LogP contribution >= 0.6 is 0 Å². The topological polar surface area (TPSA) is 29.5 Å². The monoisotopic (exact) mass is 343 g/mol. The van der Waals surface area contributed by atoms with Gasteiger partial charge in [-0.3, -0.25) is 4.79 Å². The van der Waals surface area contributed by atoms with Crippen molar-refractivity contribution in [3.8, 4) is 5.75 Å². The van der Waals surface area contributed by atoms with Crippen molar-refractivity contribution < 1.29 is 9.53 Å². The largest absolute Gasteiger partial charge is 0.497 e. The van der Waals surface area contributed by atoms with E-state index in [9.17, 15) is 4.79 Å². The predicted octanol–water partition coefficient (Wildman–Crippen LogP) is 4.94. The highest BCUT2D eigenvalue weighted by molar-refractivity contribution is 6.03. The zero-order valence-electron chi connectivity index (χ0n) is 14.7. The van der Waals surface area contributed by atoms with Crippen molar-refractivity contribution in [2.45, 2.75) is 6.54 Å². The lowest BCUT2D eigenvalue weighted by Crippen LogP contribution is -2.28. The molecule has 0 bridgehead atoms. The molecule has 0 fully saturated rings. The number of hydrogen-bond donors (Lipinski definition) is 0. The first-order valence-corrected chi connectivity index (χ1v) is 8.49. The fourth-order valence-electron chi connectivity index (χ4n) is 2.67. The SMILES string of the molecule is COc1cccc(/C=C/C(=O)N(Cc2ccccc2)c2ccccc2)c1. The summed E-state index contributed by atoms with van der Waals surface area (Å²) in [5.74, 6) is 0.701. The lowest BCUT2D eigenvalue weighted by molar-refractivity contribution is -0.114. The molecule has 0 saturated carbocycles. The van der Waals surface area contributed by atoms with Gasteiger partial charge in [-0.25, -0.2) is 0 Å². The van der Waals surface area contributed by atoms with Crippen LogP contribution in [0, 0.1) is 0 Å². The van der Waals surface area contributed by atoms with Gasteiger partial charge in [0.05, 0.1) is 13.7 Å². The maximum absolute atomic E-state index is 12.9. The molecule has 0 N–H and O–H groups in total. The molecule has 3 heteroatoms. The second-order valence-electron chi connectivity index (χ2n) is 5.86. The Balaban J connectivity index is 1.83. The molecule has 26 heavy (non-hydrogen) atoms. The van der Waals surface area contributed by atoms with Crippen LogP contribution in [0.4, 0.5) is 5.69 Å². The van der Waals surface area contributed by atoms with Gasteiger partial charge in [0.1, 0.15) is 5.75 Å². The fourth-order valence-corrected chi connectivity index (χ4v) is 2.67. The maximum Gasteiger partial charge on any atom is 0.251 e. The number of rotatable bonds is 6. The first-order valence-electron chi connectivity index (χ1n) is 8.49. The van der Waals surface area contributed by atoms with E-state index in [0.29, 0.717) is 6.54 Å². The number of benzene rings is 3. The van der Waals surface area contributed by atoms with Gasteiger partial charge < -0.3 is 9.64 Å².